The van der Waals surface area contributed by atoms with Crippen LogP contribution in [0.2, 0.25) is 0 Å². The quantitative estimate of drug-likeness (QED) is 0.777. The van der Waals surface area contributed by atoms with Crippen molar-refractivity contribution in [2.45, 2.75) is 12.6 Å². The average molecular weight is 271 g/mol. The molecule has 0 radical (unpaired) electrons. The first-order valence-corrected chi connectivity index (χ1v) is 6.58. The Labute approximate surface area is 117 Å². The van der Waals surface area contributed by atoms with Gasteiger partial charge in [0, 0.05) is 19.8 Å². The summed E-state index contributed by atoms with van der Waals surface area (Å²) in [4.78, 5) is 12.2. The van der Waals surface area contributed by atoms with Crippen LogP contribution >= 0.6 is 0 Å². The van der Waals surface area contributed by atoms with E-state index in [-0.39, 0.29) is 11.9 Å². The maximum absolute atomic E-state index is 12.2. The van der Waals surface area contributed by atoms with Gasteiger partial charge in [-0.1, -0.05) is 12.1 Å². The Morgan fingerprint density at radius 1 is 1.40 bits per heavy atom. The summed E-state index contributed by atoms with van der Waals surface area (Å²) in [6, 6.07) is 9.50. The van der Waals surface area contributed by atoms with Gasteiger partial charge in [0.2, 0.25) is 5.91 Å². The standard InChI is InChI=1S/C14H17N5O/c1-19-10(6-7-17-19)8-16-14(20)13-9-15-11-4-2-3-5-12(11)18-13/h2-7,13,15,18H,8-9H2,1H3,(H,16,20). The molecule has 1 aromatic heterocycles. The van der Waals surface area contributed by atoms with Gasteiger partial charge in [0.25, 0.3) is 0 Å². The van der Waals surface area contributed by atoms with E-state index < -0.39 is 0 Å². The maximum atomic E-state index is 12.2. The van der Waals surface area contributed by atoms with Gasteiger partial charge < -0.3 is 16.0 Å². The molecular weight excluding hydrogens is 254 g/mol. The van der Waals surface area contributed by atoms with Gasteiger partial charge in [-0.25, -0.2) is 0 Å². The Bertz CT molecular complexity index is 622. The number of carbonyl (C=O) groups is 1. The summed E-state index contributed by atoms with van der Waals surface area (Å²) in [5, 5.41) is 13.5. The molecule has 0 aliphatic carbocycles. The fraction of sp³-hybridized carbons (Fsp3) is 0.286. The molecule has 2 heterocycles. The third-order valence-electron chi connectivity index (χ3n) is 3.44. The van der Waals surface area contributed by atoms with Crippen LogP contribution in [-0.2, 0) is 18.4 Å². The lowest BCUT2D eigenvalue weighted by Crippen LogP contribution is -2.46. The predicted molar refractivity (Wildman–Crippen MR) is 77.4 cm³/mol. The molecule has 0 saturated heterocycles. The first kappa shape index (κ1) is 12.5. The number of nitrogens with one attached hydrogen (secondary N) is 3. The van der Waals surface area contributed by atoms with Gasteiger partial charge in [0.15, 0.2) is 0 Å². The van der Waals surface area contributed by atoms with Crippen LogP contribution in [0.1, 0.15) is 5.69 Å². The number of hydrogen-bond donors (Lipinski definition) is 3. The van der Waals surface area contributed by atoms with Crippen molar-refractivity contribution in [1.29, 1.82) is 0 Å². The molecule has 3 rings (SSSR count). The molecule has 6 nitrogen and oxygen atoms in total. The topological polar surface area (TPSA) is 71.0 Å². The van der Waals surface area contributed by atoms with Crippen molar-refractivity contribution in [3.8, 4) is 0 Å². The van der Waals surface area contributed by atoms with Crippen LogP contribution < -0.4 is 16.0 Å². The van der Waals surface area contributed by atoms with E-state index in [0.29, 0.717) is 13.1 Å². The SMILES string of the molecule is Cn1nccc1CNC(=O)C1CNc2ccccc2N1. The monoisotopic (exact) mass is 271 g/mol. The lowest BCUT2D eigenvalue weighted by atomic mass is 10.1. The minimum absolute atomic E-state index is 0.0202. The molecule has 20 heavy (non-hydrogen) atoms. The van der Waals surface area contributed by atoms with E-state index >= 15 is 0 Å². The normalized spacial score (nSPS) is 16.8. The molecule has 1 aromatic carbocycles. The Kier molecular flexibility index (Phi) is 3.28. The van der Waals surface area contributed by atoms with Gasteiger partial charge in [-0.05, 0) is 18.2 Å². The Hall–Kier alpha value is -2.50. The van der Waals surface area contributed by atoms with E-state index in [4.69, 9.17) is 0 Å². The van der Waals surface area contributed by atoms with E-state index in [1.165, 1.54) is 0 Å². The van der Waals surface area contributed by atoms with Gasteiger partial charge >= 0.3 is 0 Å². The molecule has 104 valence electrons. The van der Waals surface area contributed by atoms with Crippen molar-refractivity contribution in [3.63, 3.8) is 0 Å². The third-order valence-corrected chi connectivity index (χ3v) is 3.44. The summed E-state index contributed by atoms with van der Waals surface area (Å²) >= 11 is 0. The second-order valence-electron chi connectivity index (χ2n) is 4.79. The summed E-state index contributed by atoms with van der Waals surface area (Å²) in [5.41, 5.74) is 2.96. The second-order valence-corrected chi connectivity index (χ2v) is 4.79. The van der Waals surface area contributed by atoms with Crippen LogP contribution in [0, 0.1) is 0 Å². The van der Waals surface area contributed by atoms with E-state index in [2.05, 4.69) is 21.0 Å². The summed E-state index contributed by atoms with van der Waals surface area (Å²) in [7, 11) is 1.86. The summed E-state index contributed by atoms with van der Waals surface area (Å²) in [6.45, 7) is 1.06. The molecule has 1 aliphatic heterocycles. The van der Waals surface area contributed by atoms with Crippen LogP contribution in [0.4, 0.5) is 11.4 Å². The third kappa shape index (κ3) is 2.45. The summed E-state index contributed by atoms with van der Waals surface area (Å²) in [6.07, 6.45) is 1.72. The van der Waals surface area contributed by atoms with Crippen molar-refractivity contribution in [3.05, 3.63) is 42.2 Å². The van der Waals surface area contributed by atoms with Gasteiger partial charge in [-0.15, -0.1) is 0 Å². The smallest absolute Gasteiger partial charge is 0.244 e. The van der Waals surface area contributed by atoms with Crippen molar-refractivity contribution in [1.82, 2.24) is 15.1 Å². The average Bonchev–Trinajstić information content (AvgIpc) is 2.89. The molecule has 0 saturated carbocycles. The zero-order valence-electron chi connectivity index (χ0n) is 11.3. The summed E-state index contributed by atoms with van der Waals surface area (Å²) < 4.78 is 1.75. The molecular formula is C14H17N5O. The minimum Gasteiger partial charge on any atom is -0.381 e. The Morgan fingerprint density at radius 3 is 2.95 bits per heavy atom. The van der Waals surface area contributed by atoms with E-state index in [0.717, 1.165) is 17.1 Å². The molecule has 3 N–H and O–H groups in total. The molecule has 0 spiro atoms. The summed E-state index contributed by atoms with van der Waals surface area (Å²) in [5.74, 6) is -0.0202. The fourth-order valence-corrected chi connectivity index (χ4v) is 2.25. The van der Waals surface area contributed by atoms with Crippen molar-refractivity contribution >= 4 is 17.3 Å². The van der Waals surface area contributed by atoms with Crippen LogP contribution in [0.25, 0.3) is 0 Å². The van der Waals surface area contributed by atoms with Gasteiger partial charge in [-0.2, -0.15) is 5.10 Å². The van der Waals surface area contributed by atoms with Crippen molar-refractivity contribution in [2.75, 3.05) is 17.2 Å². The number of nitrogens with zero attached hydrogens (tertiary/aromatic N) is 2. The molecule has 0 fully saturated rings. The Morgan fingerprint density at radius 2 is 2.20 bits per heavy atom. The number of anilines is 2. The second kappa shape index (κ2) is 5.24. The van der Waals surface area contributed by atoms with Crippen molar-refractivity contribution in [2.24, 2.45) is 7.05 Å². The lowest BCUT2D eigenvalue weighted by Gasteiger charge is -2.27. The first-order valence-electron chi connectivity index (χ1n) is 6.58. The van der Waals surface area contributed by atoms with Crippen LogP contribution in [0.15, 0.2) is 36.5 Å². The van der Waals surface area contributed by atoms with Crippen LogP contribution in [0.5, 0.6) is 0 Å². The van der Waals surface area contributed by atoms with Gasteiger partial charge in [0.1, 0.15) is 6.04 Å². The predicted octanol–water partition coefficient (Wildman–Crippen LogP) is 0.942. The highest BCUT2D eigenvalue weighted by Crippen LogP contribution is 2.25. The van der Waals surface area contributed by atoms with Gasteiger partial charge in [0.05, 0.1) is 23.6 Å². The van der Waals surface area contributed by atoms with E-state index in [9.17, 15) is 4.79 Å². The number of fused-ring (bicyclic) bond motifs is 1. The zero-order valence-corrected chi connectivity index (χ0v) is 11.3. The van der Waals surface area contributed by atoms with Crippen molar-refractivity contribution < 1.29 is 4.79 Å². The Balaban J connectivity index is 1.60. The highest BCUT2D eigenvalue weighted by molar-refractivity contribution is 5.88. The number of para-hydroxylation sites is 2. The molecule has 0 bridgehead atoms. The molecule has 1 aliphatic rings. The van der Waals surface area contributed by atoms with E-state index in [1.54, 1.807) is 10.9 Å². The number of hydrogen-bond acceptors (Lipinski definition) is 4. The maximum Gasteiger partial charge on any atom is 0.244 e. The largest absolute Gasteiger partial charge is 0.381 e. The number of rotatable bonds is 3. The molecule has 2 aromatic rings. The molecule has 1 unspecified atom stereocenters. The number of benzene rings is 1. The molecule has 1 amide bonds. The van der Waals surface area contributed by atoms with Gasteiger partial charge in [-0.3, -0.25) is 9.48 Å². The highest BCUT2D eigenvalue weighted by atomic mass is 16.2. The fourth-order valence-electron chi connectivity index (χ4n) is 2.25. The molecule has 6 heteroatoms. The number of aromatic nitrogens is 2. The van der Waals surface area contributed by atoms with E-state index in [1.807, 2.05) is 37.4 Å². The van der Waals surface area contributed by atoms with Crippen LogP contribution in [-0.4, -0.2) is 28.3 Å². The molecule has 1 atom stereocenters. The number of carbonyl (C=O) groups excluding carboxylic acids is 1. The number of aryl methyl sites for hydroxylation is 1. The van der Waals surface area contributed by atoms with Crippen LogP contribution in [0.3, 0.4) is 0 Å². The minimum atomic E-state index is -0.266. The number of amides is 1. The highest BCUT2D eigenvalue weighted by Gasteiger charge is 2.23. The lowest BCUT2D eigenvalue weighted by molar-refractivity contribution is -0.121. The first-order chi connectivity index (χ1) is 9.74. The zero-order chi connectivity index (χ0) is 13.9.